The number of rotatable bonds is 6. The molecule has 1 unspecified atom stereocenters. The number of carbonyl (C=O) groups excluding carboxylic acids is 2. The lowest BCUT2D eigenvalue weighted by Gasteiger charge is -2.18. The number of nitrogens with two attached hydrogens (primary N) is 1. The molecule has 0 bridgehead atoms. The van der Waals surface area contributed by atoms with Gasteiger partial charge in [-0.2, -0.15) is 0 Å². The second-order valence-corrected chi connectivity index (χ2v) is 5.67. The number of hydrogen-bond acceptors (Lipinski definition) is 9. The fourth-order valence-corrected chi connectivity index (χ4v) is 2.55. The van der Waals surface area contributed by atoms with Gasteiger partial charge in [-0.3, -0.25) is 9.36 Å². The molecule has 3 rings (SSSR count). The maximum absolute atomic E-state index is 12.0. The molecule has 2 aromatic rings. The molecule has 0 amide bonds. The van der Waals surface area contributed by atoms with E-state index in [4.69, 9.17) is 19.9 Å². The Bertz CT molecular complexity index is 849. The molecule has 0 saturated carbocycles. The number of nitrogen functional groups attached to an aromatic ring is 1. The van der Waals surface area contributed by atoms with Crippen LogP contribution in [0.5, 0.6) is 0 Å². The van der Waals surface area contributed by atoms with Crippen LogP contribution in [0.4, 0.5) is 5.82 Å². The average molecular weight is 361 g/mol. The molecule has 0 aliphatic carbocycles. The Morgan fingerprint density at radius 2 is 2.15 bits per heavy atom. The van der Waals surface area contributed by atoms with Crippen LogP contribution in [-0.2, 0) is 23.8 Å². The molecule has 138 valence electrons. The fourth-order valence-electron chi connectivity index (χ4n) is 2.55. The molecule has 2 N–H and O–H groups in total. The van der Waals surface area contributed by atoms with Gasteiger partial charge in [-0.05, 0) is 12.5 Å². The minimum atomic E-state index is -0.911. The highest BCUT2D eigenvalue weighted by molar-refractivity contribution is 5.81. The van der Waals surface area contributed by atoms with Gasteiger partial charge >= 0.3 is 11.9 Å². The molecular formula is C16H19N5O5. The number of esters is 2. The highest BCUT2D eigenvalue weighted by Gasteiger charge is 2.26. The molecule has 0 spiro atoms. The zero-order chi connectivity index (χ0) is 18.7. The van der Waals surface area contributed by atoms with Crippen molar-refractivity contribution in [3.05, 3.63) is 24.8 Å². The van der Waals surface area contributed by atoms with Gasteiger partial charge in [-0.25, -0.2) is 19.7 Å². The summed E-state index contributed by atoms with van der Waals surface area (Å²) in [6, 6.07) is 0. The first-order valence-corrected chi connectivity index (χ1v) is 8.10. The van der Waals surface area contributed by atoms with Gasteiger partial charge < -0.3 is 19.9 Å². The number of anilines is 1. The van der Waals surface area contributed by atoms with Gasteiger partial charge in [0, 0.05) is 6.92 Å². The van der Waals surface area contributed by atoms with Crippen LogP contribution in [0.2, 0.25) is 0 Å². The molecule has 3 heterocycles. The summed E-state index contributed by atoms with van der Waals surface area (Å²) < 4.78 is 17.6. The lowest BCUT2D eigenvalue weighted by atomic mass is 10.3. The Kier molecular flexibility index (Phi) is 5.12. The van der Waals surface area contributed by atoms with Crippen molar-refractivity contribution in [2.45, 2.75) is 38.7 Å². The third-order valence-electron chi connectivity index (χ3n) is 3.80. The highest BCUT2D eigenvalue weighted by atomic mass is 16.6. The topological polar surface area (TPSA) is 131 Å². The van der Waals surface area contributed by atoms with Gasteiger partial charge in [0.15, 0.2) is 23.8 Å². The van der Waals surface area contributed by atoms with Crippen LogP contribution < -0.4 is 5.73 Å². The standard InChI is InChI=1S/C16H19N5O5/c1-3-11(25-9(2)22)16(23)24-6-10-4-5-12(26-10)21-8-20-13-14(17)18-7-19-15(13)21/h4-5,7-8,10-12H,3,6H2,1-2H3,(H2,17,18,19)/t10-,11?,12+/m0/s1. The van der Waals surface area contributed by atoms with Crippen LogP contribution in [0.1, 0.15) is 26.5 Å². The van der Waals surface area contributed by atoms with E-state index in [1.165, 1.54) is 13.3 Å². The monoisotopic (exact) mass is 361 g/mol. The third kappa shape index (κ3) is 3.64. The van der Waals surface area contributed by atoms with Crippen molar-refractivity contribution in [3.63, 3.8) is 0 Å². The van der Waals surface area contributed by atoms with E-state index in [9.17, 15) is 9.59 Å². The second kappa shape index (κ2) is 7.48. The van der Waals surface area contributed by atoms with Gasteiger partial charge in [0.05, 0.1) is 6.33 Å². The van der Waals surface area contributed by atoms with E-state index in [0.29, 0.717) is 17.6 Å². The van der Waals surface area contributed by atoms with Crippen LogP contribution in [-0.4, -0.2) is 50.3 Å². The number of carbonyl (C=O) groups is 2. The number of ether oxygens (including phenoxy) is 3. The first kappa shape index (κ1) is 17.8. The van der Waals surface area contributed by atoms with Crippen molar-refractivity contribution in [1.82, 2.24) is 19.5 Å². The maximum atomic E-state index is 12.0. The summed E-state index contributed by atoms with van der Waals surface area (Å²) in [7, 11) is 0. The van der Waals surface area contributed by atoms with Crippen LogP contribution in [0, 0.1) is 0 Å². The summed E-state index contributed by atoms with van der Waals surface area (Å²) in [6.07, 6.45) is 5.04. The zero-order valence-corrected chi connectivity index (χ0v) is 14.4. The summed E-state index contributed by atoms with van der Waals surface area (Å²) in [5.41, 5.74) is 6.81. The SMILES string of the molecule is CCC(OC(C)=O)C(=O)OC[C@@H]1C=C[C@H](n2cnc3c(N)ncnc32)O1. The van der Waals surface area contributed by atoms with Crippen molar-refractivity contribution >= 4 is 28.9 Å². The lowest BCUT2D eigenvalue weighted by Crippen LogP contribution is -2.30. The minimum Gasteiger partial charge on any atom is -0.460 e. The second-order valence-electron chi connectivity index (χ2n) is 5.67. The van der Waals surface area contributed by atoms with E-state index in [-0.39, 0.29) is 12.4 Å². The molecule has 26 heavy (non-hydrogen) atoms. The molecular weight excluding hydrogens is 342 g/mol. The molecule has 2 aromatic heterocycles. The van der Waals surface area contributed by atoms with Crippen LogP contribution >= 0.6 is 0 Å². The predicted octanol–water partition coefficient (Wildman–Crippen LogP) is 0.747. The molecule has 0 fully saturated rings. The normalized spacial score (nSPS) is 20.2. The molecule has 10 heteroatoms. The quantitative estimate of drug-likeness (QED) is 0.584. The molecule has 3 atom stereocenters. The molecule has 0 radical (unpaired) electrons. The summed E-state index contributed by atoms with van der Waals surface area (Å²) in [4.78, 5) is 35.2. The van der Waals surface area contributed by atoms with Gasteiger partial charge in [-0.1, -0.05) is 13.0 Å². The number of imidazole rings is 1. The van der Waals surface area contributed by atoms with E-state index >= 15 is 0 Å². The molecule has 10 nitrogen and oxygen atoms in total. The predicted molar refractivity (Wildman–Crippen MR) is 89.6 cm³/mol. The third-order valence-corrected chi connectivity index (χ3v) is 3.80. The van der Waals surface area contributed by atoms with Crippen molar-refractivity contribution in [2.75, 3.05) is 12.3 Å². The van der Waals surface area contributed by atoms with Crippen molar-refractivity contribution in [2.24, 2.45) is 0 Å². The van der Waals surface area contributed by atoms with E-state index in [2.05, 4.69) is 15.0 Å². The maximum Gasteiger partial charge on any atom is 0.347 e. The van der Waals surface area contributed by atoms with E-state index < -0.39 is 30.4 Å². The number of hydrogen-bond donors (Lipinski definition) is 1. The Balaban J connectivity index is 1.59. The summed E-state index contributed by atoms with van der Waals surface area (Å²) in [5.74, 6) is -0.840. The van der Waals surface area contributed by atoms with Gasteiger partial charge in [0.2, 0.25) is 0 Å². The average Bonchev–Trinajstić information content (AvgIpc) is 3.24. The van der Waals surface area contributed by atoms with E-state index in [0.717, 1.165) is 0 Å². The van der Waals surface area contributed by atoms with Gasteiger partial charge in [-0.15, -0.1) is 0 Å². The smallest absolute Gasteiger partial charge is 0.347 e. The van der Waals surface area contributed by atoms with Crippen LogP contribution in [0.15, 0.2) is 24.8 Å². The van der Waals surface area contributed by atoms with E-state index in [1.807, 2.05) is 0 Å². The molecule has 1 aliphatic heterocycles. The Labute approximate surface area is 149 Å². The van der Waals surface area contributed by atoms with E-state index in [1.54, 1.807) is 30.0 Å². The fraction of sp³-hybridized carbons (Fsp3) is 0.438. The first-order chi connectivity index (χ1) is 12.5. The summed E-state index contributed by atoms with van der Waals surface area (Å²) in [6.45, 7) is 2.98. The first-order valence-electron chi connectivity index (χ1n) is 8.10. The summed E-state index contributed by atoms with van der Waals surface area (Å²) >= 11 is 0. The van der Waals surface area contributed by atoms with Gasteiger partial charge in [0.1, 0.15) is 24.6 Å². The number of aromatic nitrogens is 4. The Morgan fingerprint density at radius 1 is 1.35 bits per heavy atom. The van der Waals surface area contributed by atoms with Crippen LogP contribution in [0.3, 0.4) is 0 Å². The Hall–Kier alpha value is -3.01. The summed E-state index contributed by atoms with van der Waals surface area (Å²) in [5, 5.41) is 0. The van der Waals surface area contributed by atoms with Crippen molar-refractivity contribution in [3.8, 4) is 0 Å². The number of fused-ring (bicyclic) bond motifs is 1. The number of nitrogens with zero attached hydrogens (tertiary/aromatic N) is 4. The Morgan fingerprint density at radius 3 is 2.88 bits per heavy atom. The largest absolute Gasteiger partial charge is 0.460 e. The molecule has 0 aromatic carbocycles. The lowest BCUT2D eigenvalue weighted by molar-refractivity contribution is -0.169. The molecule has 1 aliphatic rings. The molecule has 0 saturated heterocycles. The van der Waals surface area contributed by atoms with Gasteiger partial charge in [0.25, 0.3) is 0 Å². The zero-order valence-electron chi connectivity index (χ0n) is 14.4. The van der Waals surface area contributed by atoms with Crippen molar-refractivity contribution < 1.29 is 23.8 Å². The van der Waals surface area contributed by atoms with Crippen molar-refractivity contribution in [1.29, 1.82) is 0 Å². The van der Waals surface area contributed by atoms with Crippen LogP contribution in [0.25, 0.3) is 11.2 Å². The highest BCUT2D eigenvalue weighted by Crippen LogP contribution is 2.25. The minimum absolute atomic E-state index is 0.00729.